The number of carbonyl (C=O) groups excluding carboxylic acids is 6. The zero-order valence-electron chi connectivity index (χ0n) is 40.5. The van der Waals surface area contributed by atoms with Crippen LogP contribution in [0.5, 0.6) is 0 Å². The normalized spacial score (nSPS) is 13.4. The summed E-state index contributed by atoms with van der Waals surface area (Å²) >= 11 is 0. The van der Waals surface area contributed by atoms with Gasteiger partial charge in [-0.3, -0.25) is 49.0 Å². The molecule has 0 aliphatic heterocycles. The Morgan fingerprint density at radius 3 is 1.42 bits per heavy atom. The fraction of sp³-hybridized carbons (Fsp3) is 0.196. The molecular formula is C46H51N21O11. The average molecular weight is 1070 g/mol. The van der Waals surface area contributed by atoms with E-state index in [1.54, 1.807) is 42.5 Å². The van der Waals surface area contributed by atoms with Gasteiger partial charge in [0, 0.05) is 18.1 Å². The first-order chi connectivity index (χ1) is 36.9. The number of fused-ring (bicyclic) bond motifs is 3. The van der Waals surface area contributed by atoms with Crippen molar-refractivity contribution >= 4 is 92.2 Å². The topological polar surface area (TPSA) is 576 Å². The van der Waals surface area contributed by atoms with Crippen LogP contribution in [0.1, 0.15) is 34.2 Å². The van der Waals surface area contributed by atoms with Crippen LogP contribution < -0.4 is 78.2 Å². The van der Waals surface area contributed by atoms with Crippen molar-refractivity contribution in [2.24, 2.45) is 77.5 Å². The molecule has 32 nitrogen and oxygen atoms in total. The van der Waals surface area contributed by atoms with E-state index in [1.165, 1.54) is 30.3 Å². The Morgan fingerprint density at radius 1 is 0.551 bits per heavy atom. The van der Waals surface area contributed by atoms with Crippen molar-refractivity contribution in [3.05, 3.63) is 140 Å². The van der Waals surface area contributed by atoms with Gasteiger partial charge in [-0.15, -0.1) is 0 Å². The molecule has 32 heteroatoms. The third-order valence-electron chi connectivity index (χ3n) is 11.3. The second kappa shape index (κ2) is 25.6. The van der Waals surface area contributed by atoms with Gasteiger partial charge in [-0.1, -0.05) is 84.9 Å². The summed E-state index contributed by atoms with van der Waals surface area (Å²) in [5.74, 6) is -14.7. The number of hydrogen-bond acceptors (Lipinski definition) is 16. The number of nitrogens with zero attached hydrogens (tertiary/aromatic N) is 7. The molecule has 0 bridgehead atoms. The lowest BCUT2D eigenvalue weighted by Crippen LogP contribution is -2.58. The summed E-state index contributed by atoms with van der Waals surface area (Å²) in [6.07, 6.45) is -8.92. The predicted molar refractivity (Wildman–Crippen MR) is 280 cm³/mol. The van der Waals surface area contributed by atoms with Crippen molar-refractivity contribution in [1.29, 1.82) is 5.26 Å². The van der Waals surface area contributed by atoms with Crippen LogP contribution in [-0.2, 0) is 35.2 Å². The Kier molecular flexibility index (Phi) is 18.9. The molecule has 0 aliphatic carbocycles. The molecular weight excluding hydrogens is 1020 g/mol. The van der Waals surface area contributed by atoms with Crippen LogP contribution in [0.15, 0.2) is 117 Å². The molecule has 0 fully saturated rings. The van der Waals surface area contributed by atoms with Crippen molar-refractivity contribution in [3.8, 4) is 6.07 Å². The van der Waals surface area contributed by atoms with E-state index >= 15 is 0 Å². The van der Waals surface area contributed by atoms with E-state index in [9.17, 15) is 59.4 Å². The number of nitrogens with one attached hydrogen (secondary N) is 5. The lowest BCUT2D eigenvalue weighted by atomic mass is 9.78. The Morgan fingerprint density at radius 2 is 0.974 bits per heavy atom. The van der Waals surface area contributed by atoms with Crippen molar-refractivity contribution in [3.63, 3.8) is 0 Å². The molecule has 7 unspecified atom stereocenters. The van der Waals surface area contributed by atoms with Crippen LogP contribution in [0, 0.1) is 37.5 Å². The van der Waals surface area contributed by atoms with Crippen LogP contribution >= 0.6 is 0 Å². The maximum Gasteiger partial charge on any atom is 0.281 e. The second-order valence-corrected chi connectivity index (χ2v) is 16.6. The Hall–Kier alpha value is -11.2. The molecule has 0 aromatic heterocycles. The van der Waals surface area contributed by atoms with Gasteiger partial charge in [0.05, 0.1) is 34.0 Å². The summed E-state index contributed by atoms with van der Waals surface area (Å²) in [7, 11) is 0. The Bertz CT molecular complexity index is 3300. The molecule has 5 aromatic carbocycles. The van der Waals surface area contributed by atoms with Crippen LogP contribution in [-0.4, -0.2) is 106 Å². The molecule has 0 saturated carbocycles. The highest BCUT2D eigenvalue weighted by atomic mass is 16.6. The van der Waals surface area contributed by atoms with Gasteiger partial charge < -0.3 is 83.3 Å². The van der Waals surface area contributed by atoms with Crippen LogP contribution in [0.4, 0.5) is 11.4 Å². The number of primary amides is 1. The number of aliphatic imine (C=N–C) groups is 4. The number of benzene rings is 5. The minimum atomic E-state index is -2.24. The molecule has 0 spiro atoms. The molecule has 7 atom stereocenters. The third-order valence-corrected chi connectivity index (χ3v) is 11.3. The minimum Gasteiger partial charge on any atom is -0.396 e. The van der Waals surface area contributed by atoms with E-state index in [0.29, 0.717) is 21.7 Å². The fourth-order valence-electron chi connectivity index (χ4n) is 8.03. The number of guanidine groups is 4. The van der Waals surface area contributed by atoms with Crippen molar-refractivity contribution < 1.29 is 43.7 Å². The first kappa shape index (κ1) is 57.7. The van der Waals surface area contributed by atoms with Crippen LogP contribution in [0.3, 0.4) is 0 Å². The number of aliphatic hydroxyl groups excluding tert-OH is 1. The van der Waals surface area contributed by atoms with E-state index in [-0.39, 0.29) is 12.0 Å². The van der Waals surface area contributed by atoms with E-state index in [1.807, 2.05) is 28.8 Å². The van der Waals surface area contributed by atoms with E-state index in [2.05, 4.69) is 35.9 Å². The predicted octanol–water partition coefficient (Wildman–Crippen LogP) is -4.18. The van der Waals surface area contributed by atoms with Crippen LogP contribution in [0.25, 0.3) is 21.5 Å². The first-order valence-electron chi connectivity index (χ1n) is 22.5. The Labute approximate surface area is 439 Å². The number of amides is 6. The highest BCUT2D eigenvalue weighted by Crippen LogP contribution is 2.43. The van der Waals surface area contributed by atoms with Crippen molar-refractivity contribution in [2.45, 2.75) is 43.0 Å². The minimum absolute atomic E-state index is 0.00321. The molecule has 0 heterocycles. The zero-order chi connectivity index (χ0) is 57.5. The quantitative estimate of drug-likeness (QED) is 0.00970. The molecule has 0 radical (unpaired) electrons. The van der Waals surface area contributed by atoms with Crippen molar-refractivity contribution in [2.75, 3.05) is 6.61 Å². The molecule has 406 valence electrons. The van der Waals surface area contributed by atoms with Crippen molar-refractivity contribution in [1.82, 2.24) is 26.6 Å². The highest BCUT2D eigenvalue weighted by Gasteiger charge is 2.42. The lowest BCUT2D eigenvalue weighted by molar-refractivity contribution is -0.396. The van der Waals surface area contributed by atoms with E-state index in [0.717, 1.165) is 17.5 Å². The Balaban J connectivity index is 1.56. The monoisotopic (exact) mass is 1070 g/mol. The number of nitro benzene ring substituents is 2. The van der Waals surface area contributed by atoms with Gasteiger partial charge in [0.2, 0.25) is 36.5 Å². The summed E-state index contributed by atoms with van der Waals surface area (Å²) in [6, 6.07) is 24.5. The third kappa shape index (κ3) is 14.5. The molecule has 6 amide bonds. The summed E-state index contributed by atoms with van der Waals surface area (Å²) in [6.45, 7) is -1.15. The molecule has 78 heavy (non-hydrogen) atoms. The molecule has 0 aliphatic rings. The van der Waals surface area contributed by atoms with Gasteiger partial charge in [-0.25, -0.2) is 20.0 Å². The molecule has 5 rings (SSSR count). The first-order valence-corrected chi connectivity index (χ1v) is 22.5. The largest absolute Gasteiger partial charge is 0.396 e. The maximum absolute atomic E-state index is 14.9. The number of hydrogen-bond donors (Lipinski definition) is 15. The summed E-state index contributed by atoms with van der Waals surface area (Å²) < 4.78 is 0. The number of nitro groups is 2. The number of nitrogens with two attached hydrogens (primary N) is 9. The van der Waals surface area contributed by atoms with Gasteiger partial charge >= 0.3 is 0 Å². The van der Waals surface area contributed by atoms with Gasteiger partial charge in [0.25, 0.3) is 35.0 Å². The molecule has 0 saturated heterocycles. The smallest absolute Gasteiger partial charge is 0.281 e. The molecule has 5 aromatic rings. The highest BCUT2D eigenvalue weighted by molar-refractivity contribution is 6.09. The molecule has 24 N–H and O–H groups in total. The number of aliphatic hydroxyl groups is 1. The van der Waals surface area contributed by atoms with Gasteiger partial charge in [0.15, 0.2) is 23.8 Å². The lowest BCUT2D eigenvalue weighted by Gasteiger charge is -2.28. The van der Waals surface area contributed by atoms with Gasteiger partial charge in [0.1, 0.15) is 11.6 Å². The summed E-state index contributed by atoms with van der Waals surface area (Å²) in [5.41, 5.74) is 46.6. The number of rotatable bonds is 23. The summed E-state index contributed by atoms with van der Waals surface area (Å²) in [4.78, 5) is 120. The number of carbonyl (C=O) groups is 6. The van der Waals surface area contributed by atoms with Crippen LogP contribution in [0.2, 0.25) is 0 Å². The second-order valence-electron chi connectivity index (χ2n) is 16.6. The van der Waals surface area contributed by atoms with Gasteiger partial charge in [-0.05, 0) is 39.1 Å². The van der Waals surface area contributed by atoms with Gasteiger partial charge in [-0.2, -0.15) is 5.26 Å². The summed E-state index contributed by atoms with van der Waals surface area (Å²) in [5, 5.41) is 60.1. The standard InChI is InChI=1S/C46H51N21O11/c47-18-20-14-29(66(75)76)31(30(15-20)67(77)78)27(17-23-16-22-10-4-5-11-24(22)26-13-7-6-12-25(23)26)28(19-68)38(70)57-32(21-8-2-1-3-9-21)39(71)59-35(63-44(51)52)41(73)61-37(65-46(55)56)42(74)60-36(64-45(53)54)40(72)58-34(33(48)69)62-43(49)50/h1-16,27-28,32,34-37,68H,17,19H2,(H2,48,69)(H,57,70)(H,58,72)(H,59,71)(H,60,74)(H,61,73)(H4,49,50,62)(H4,51,52,63)(H4,53,54,64)(H4,55,56,65). The fourth-order valence-corrected chi connectivity index (χ4v) is 8.03. The maximum atomic E-state index is 14.9. The SMILES string of the molecule is N#Cc1cc([N+](=O)[O-])c(C(Cc2cc3ccccc3c3ccccc23)C(CO)C(=O)NC(C(=O)NC(N=C(N)N)C(=O)NC(N=C(N)N)C(=O)NC(N=C(N)N)C(=O)NC(N=C(N)N)C(N)=O)c2ccccc2)c([N+](=O)[O-])c1. The van der Waals surface area contributed by atoms with E-state index in [4.69, 9.17) is 51.6 Å². The number of nitriles is 1. The average Bonchev–Trinajstić information content (AvgIpc) is 3.41. The zero-order valence-corrected chi connectivity index (χ0v) is 40.5. The van der Waals surface area contributed by atoms with E-state index < -0.39 is 141 Å².